The Balaban J connectivity index is 2.20. The minimum Gasteiger partial charge on any atom is -0.396 e. The lowest BCUT2D eigenvalue weighted by atomic mass is 9.95. The number of aromatic nitrogens is 1. The summed E-state index contributed by atoms with van der Waals surface area (Å²) in [7, 11) is 0. The van der Waals surface area contributed by atoms with Crippen LogP contribution in [-0.4, -0.2) is 27.7 Å². The Morgan fingerprint density at radius 1 is 1.45 bits per heavy atom. The van der Waals surface area contributed by atoms with E-state index < -0.39 is 0 Å². The summed E-state index contributed by atoms with van der Waals surface area (Å²) in [6.45, 7) is 4.04. The van der Waals surface area contributed by atoms with Gasteiger partial charge in [0, 0.05) is 24.5 Å². The summed E-state index contributed by atoms with van der Waals surface area (Å²) in [6, 6.07) is 5.80. The standard InChI is InChI=1S/C15H20N2O2S/c1-3-15(2,7-10-18)16-14(19)13-12(6-11-20-13)17-8-4-5-9-17/h4-6,8-9,11,18H,3,7,10H2,1-2H3,(H,16,19). The van der Waals surface area contributed by atoms with Gasteiger partial charge < -0.3 is 15.0 Å². The van der Waals surface area contributed by atoms with Gasteiger partial charge in [0.1, 0.15) is 4.88 Å². The highest BCUT2D eigenvalue weighted by atomic mass is 32.1. The molecule has 0 aliphatic heterocycles. The lowest BCUT2D eigenvalue weighted by Crippen LogP contribution is -2.46. The van der Waals surface area contributed by atoms with Gasteiger partial charge in [-0.25, -0.2) is 0 Å². The molecule has 1 atom stereocenters. The number of rotatable bonds is 6. The van der Waals surface area contributed by atoms with Gasteiger partial charge in [0.15, 0.2) is 0 Å². The average Bonchev–Trinajstić information content (AvgIpc) is 3.09. The second kappa shape index (κ2) is 6.24. The molecule has 2 heterocycles. The van der Waals surface area contributed by atoms with Crippen LogP contribution in [0.4, 0.5) is 0 Å². The smallest absolute Gasteiger partial charge is 0.263 e. The molecule has 0 saturated heterocycles. The molecule has 2 N–H and O–H groups in total. The number of aliphatic hydroxyl groups excluding tert-OH is 1. The average molecular weight is 292 g/mol. The molecule has 5 heteroatoms. The van der Waals surface area contributed by atoms with Crippen molar-refractivity contribution in [2.45, 2.75) is 32.2 Å². The first-order chi connectivity index (χ1) is 9.59. The molecule has 0 aliphatic carbocycles. The first kappa shape index (κ1) is 14.8. The maximum absolute atomic E-state index is 12.5. The fraction of sp³-hybridized carbons (Fsp3) is 0.400. The Kier molecular flexibility index (Phi) is 4.62. The van der Waals surface area contributed by atoms with Crippen LogP contribution in [0.5, 0.6) is 0 Å². The first-order valence-corrected chi connectivity index (χ1v) is 7.62. The van der Waals surface area contributed by atoms with Gasteiger partial charge in [-0.15, -0.1) is 11.3 Å². The topological polar surface area (TPSA) is 54.3 Å². The van der Waals surface area contributed by atoms with Crippen molar-refractivity contribution >= 4 is 17.2 Å². The van der Waals surface area contributed by atoms with E-state index in [4.69, 9.17) is 5.11 Å². The van der Waals surface area contributed by atoms with Gasteiger partial charge in [-0.05, 0) is 43.3 Å². The van der Waals surface area contributed by atoms with E-state index in [1.165, 1.54) is 11.3 Å². The van der Waals surface area contributed by atoms with Crippen LogP contribution >= 0.6 is 11.3 Å². The number of nitrogens with zero attached hydrogens (tertiary/aromatic N) is 1. The second-order valence-electron chi connectivity index (χ2n) is 5.07. The summed E-state index contributed by atoms with van der Waals surface area (Å²) >= 11 is 1.43. The summed E-state index contributed by atoms with van der Waals surface area (Å²) in [5.41, 5.74) is 0.518. The molecule has 0 radical (unpaired) electrons. The Hall–Kier alpha value is -1.59. The Labute approximate surface area is 123 Å². The van der Waals surface area contributed by atoms with E-state index in [0.717, 1.165) is 12.1 Å². The third-order valence-corrected chi connectivity index (χ3v) is 4.49. The number of amides is 1. The molecule has 0 aromatic carbocycles. The molecule has 0 spiro atoms. The Bertz CT molecular complexity index is 562. The van der Waals surface area contributed by atoms with E-state index in [1.54, 1.807) is 0 Å². The van der Waals surface area contributed by atoms with Crippen LogP contribution in [-0.2, 0) is 0 Å². The minimum atomic E-state index is -0.371. The fourth-order valence-electron chi connectivity index (χ4n) is 2.08. The third kappa shape index (κ3) is 3.11. The molecule has 0 fully saturated rings. The molecule has 1 amide bonds. The number of carbonyl (C=O) groups is 1. The molecule has 4 nitrogen and oxygen atoms in total. The van der Waals surface area contributed by atoms with Crippen molar-refractivity contribution in [3.05, 3.63) is 40.8 Å². The van der Waals surface area contributed by atoms with Gasteiger partial charge in [0.05, 0.1) is 5.69 Å². The maximum Gasteiger partial charge on any atom is 0.263 e. The summed E-state index contributed by atoms with van der Waals surface area (Å²) in [5.74, 6) is -0.0819. The molecule has 0 bridgehead atoms. The Morgan fingerprint density at radius 3 is 2.75 bits per heavy atom. The highest BCUT2D eigenvalue weighted by molar-refractivity contribution is 7.12. The SMILES string of the molecule is CCC(C)(CCO)NC(=O)c1sccc1-n1cccc1. The summed E-state index contributed by atoms with van der Waals surface area (Å²) in [5, 5.41) is 14.1. The van der Waals surface area contributed by atoms with Crippen molar-refractivity contribution in [3.63, 3.8) is 0 Å². The zero-order valence-corrected chi connectivity index (χ0v) is 12.6. The van der Waals surface area contributed by atoms with Crippen LogP contribution in [0.15, 0.2) is 36.0 Å². The summed E-state index contributed by atoms with van der Waals surface area (Å²) < 4.78 is 1.93. The second-order valence-corrected chi connectivity index (χ2v) is 5.98. The van der Waals surface area contributed by atoms with Crippen molar-refractivity contribution < 1.29 is 9.90 Å². The van der Waals surface area contributed by atoms with Gasteiger partial charge in [0.25, 0.3) is 5.91 Å². The quantitative estimate of drug-likeness (QED) is 0.860. The lowest BCUT2D eigenvalue weighted by Gasteiger charge is -2.28. The third-order valence-electron chi connectivity index (χ3n) is 3.59. The van der Waals surface area contributed by atoms with Crippen molar-refractivity contribution in [1.29, 1.82) is 0 Å². The zero-order valence-electron chi connectivity index (χ0n) is 11.8. The molecule has 2 aromatic heterocycles. The number of aliphatic hydroxyl groups is 1. The molecular formula is C15H20N2O2S. The highest BCUT2D eigenvalue weighted by Crippen LogP contribution is 2.23. The number of thiophene rings is 1. The van der Waals surface area contributed by atoms with E-state index >= 15 is 0 Å². The molecule has 0 aliphatic rings. The van der Waals surface area contributed by atoms with Crippen molar-refractivity contribution in [2.75, 3.05) is 6.61 Å². The van der Waals surface area contributed by atoms with Gasteiger partial charge in [-0.1, -0.05) is 6.92 Å². The number of hydrogen-bond acceptors (Lipinski definition) is 3. The maximum atomic E-state index is 12.5. The van der Waals surface area contributed by atoms with Crippen molar-refractivity contribution in [1.82, 2.24) is 9.88 Å². The molecule has 20 heavy (non-hydrogen) atoms. The van der Waals surface area contributed by atoms with Gasteiger partial charge >= 0.3 is 0 Å². The predicted octanol–water partition coefficient (Wildman–Crippen LogP) is 2.82. The normalized spacial score (nSPS) is 13.9. The van der Waals surface area contributed by atoms with Crippen LogP contribution in [0.2, 0.25) is 0 Å². The monoisotopic (exact) mass is 292 g/mol. The lowest BCUT2D eigenvalue weighted by molar-refractivity contribution is 0.0890. The zero-order chi connectivity index (χ0) is 14.6. The molecule has 0 saturated carbocycles. The molecule has 2 aromatic rings. The van der Waals surface area contributed by atoms with E-state index in [9.17, 15) is 4.79 Å². The van der Waals surface area contributed by atoms with Gasteiger partial charge in [-0.3, -0.25) is 4.79 Å². The van der Waals surface area contributed by atoms with E-state index in [2.05, 4.69) is 5.32 Å². The van der Waals surface area contributed by atoms with Crippen LogP contribution in [0.25, 0.3) is 5.69 Å². The number of hydrogen-bond donors (Lipinski definition) is 2. The van der Waals surface area contributed by atoms with Gasteiger partial charge in [0.2, 0.25) is 0 Å². The molecule has 108 valence electrons. The highest BCUT2D eigenvalue weighted by Gasteiger charge is 2.26. The predicted molar refractivity (Wildman–Crippen MR) is 81.5 cm³/mol. The summed E-state index contributed by atoms with van der Waals surface area (Å²) in [4.78, 5) is 13.2. The molecular weight excluding hydrogens is 272 g/mol. The molecule has 2 rings (SSSR count). The van der Waals surface area contributed by atoms with Crippen molar-refractivity contribution in [2.24, 2.45) is 0 Å². The van der Waals surface area contributed by atoms with Crippen LogP contribution in [0.3, 0.4) is 0 Å². The number of nitrogens with one attached hydrogen (secondary N) is 1. The van der Waals surface area contributed by atoms with E-state index in [0.29, 0.717) is 11.3 Å². The fourth-order valence-corrected chi connectivity index (χ4v) is 2.86. The number of carbonyl (C=O) groups excluding carboxylic acids is 1. The largest absolute Gasteiger partial charge is 0.396 e. The van der Waals surface area contributed by atoms with E-state index in [1.807, 2.05) is 54.4 Å². The summed E-state index contributed by atoms with van der Waals surface area (Å²) in [6.07, 6.45) is 5.18. The van der Waals surface area contributed by atoms with Crippen LogP contribution in [0.1, 0.15) is 36.4 Å². The van der Waals surface area contributed by atoms with E-state index in [-0.39, 0.29) is 18.1 Å². The van der Waals surface area contributed by atoms with Crippen molar-refractivity contribution in [3.8, 4) is 5.69 Å². The van der Waals surface area contributed by atoms with Crippen LogP contribution < -0.4 is 5.32 Å². The van der Waals surface area contributed by atoms with Gasteiger partial charge in [-0.2, -0.15) is 0 Å². The van der Waals surface area contributed by atoms with Crippen LogP contribution in [0, 0.1) is 0 Å². The first-order valence-electron chi connectivity index (χ1n) is 6.74. The minimum absolute atomic E-state index is 0.0690. The molecule has 1 unspecified atom stereocenters. The Morgan fingerprint density at radius 2 is 2.15 bits per heavy atom.